The number of hydrogen-bond acceptors (Lipinski definition) is 7. The quantitative estimate of drug-likeness (QED) is 0.591. The van der Waals surface area contributed by atoms with Crippen LogP contribution in [0.3, 0.4) is 0 Å². The molecule has 5 unspecified atom stereocenters. The van der Waals surface area contributed by atoms with E-state index in [9.17, 15) is 19.5 Å². The van der Waals surface area contributed by atoms with Crippen molar-refractivity contribution in [2.45, 2.75) is 38.9 Å². The normalized spacial score (nSPS) is 43.4. The predicted molar refractivity (Wildman–Crippen MR) is 80.2 cm³/mol. The first-order chi connectivity index (χ1) is 11.2. The molecule has 0 bridgehead atoms. The number of fused-ring (bicyclic) bond motifs is 2. The molecule has 1 aliphatic heterocycles. The Labute approximate surface area is 139 Å². The van der Waals surface area contributed by atoms with Crippen LogP contribution in [-0.4, -0.2) is 43.0 Å². The molecule has 0 saturated heterocycles. The second-order valence-electron chi connectivity index (χ2n) is 7.26. The van der Waals surface area contributed by atoms with Gasteiger partial charge in [0.25, 0.3) is 0 Å². The van der Waals surface area contributed by atoms with E-state index in [-0.39, 0.29) is 17.9 Å². The van der Waals surface area contributed by atoms with E-state index in [0.717, 1.165) is 6.08 Å². The molecule has 7 nitrogen and oxygen atoms in total. The van der Waals surface area contributed by atoms with Crippen LogP contribution < -0.4 is 0 Å². The molecule has 2 fully saturated rings. The van der Waals surface area contributed by atoms with Gasteiger partial charge in [0.15, 0.2) is 0 Å². The highest BCUT2D eigenvalue weighted by Crippen LogP contribution is 2.69. The van der Waals surface area contributed by atoms with Crippen molar-refractivity contribution in [3.8, 4) is 0 Å². The Morgan fingerprint density at radius 3 is 2.58 bits per heavy atom. The van der Waals surface area contributed by atoms with E-state index in [1.54, 1.807) is 0 Å². The van der Waals surface area contributed by atoms with E-state index < -0.39 is 40.4 Å². The molecule has 0 aromatic carbocycles. The van der Waals surface area contributed by atoms with E-state index in [0.29, 0.717) is 12.8 Å². The highest BCUT2D eigenvalue weighted by Gasteiger charge is 2.74. The fraction of sp³-hybridized carbons (Fsp3) is 0.706. The van der Waals surface area contributed by atoms with Crippen molar-refractivity contribution in [3.05, 3.63) is 11.6 Å². The van der Waals surface area contributed by atoms with Gasteiger partial charge in [0.2, 0.25) is 5.79 Å². The number of hydrogen-bond donors (Lipinski definition) is 1. The third-order valence-electron chi connectivity index (χ3n) is 6.40. The van der Waals surface area contributed by atoms with Gasteiger partial charge in [-0.15, -0.1) is 0 Å². The van der Waals surface area contributed by atoms with Crippen LogP contribution in [0.2, 0.25) is 0 Å². The molecule has 0 radical (unpaired) electrons. The number of esters is 3. The first-order valence-electron chi connectivity index (χ1n) is 8.00. The van der Waals surface area contributed by atoms with E-state index in [1.807, 2.05) is 13.8 Å². The Hall–Kier alpha value is -1.89. The molecule has 1 N–H and O–H groups in total. The molecule has 3 rings (SSSR count). The summed E-state index contributed by atoms with van der Waals surface area (Å²) in [5.74, 6) is -4.90. The van der Waals surface area contributed by atoms with Crippen LogP contribution in [0.25, 0.3) is 0 Å². The lowest BCUT2D eigenvalue weighted by atomic mass is 9.49. The van der Waals surface area contributed by atoms with Gasteiger partial charge in [0.05, 0.1) is 25.6 Å². The summed E-state index contributed by atoms with van der Waals surface area (Å²) >= 11 is 0. The van der Waals surface area contributed by atoms with Crippen molar-refractivity contribution in [1.29, 1.82) is 0 Å². The van der Waals surface area contributed by atoms with Gasteiger partial charge in [0, 0.05) is 23.5 Å². The van der Waals surface area contributed by atoms with Crippen molar-refractivity contribution in [2.75, 3.05) is 14.2 Å². The van der Waals surface area contributed by atoms with Crippen molar-refractivity contribution in [2.24, 2.45) is 22.7 Å². The fourth-order valence-electron chi connectivity index (χ4n) is 5.18. The van der Waals surface area contributed by atoms with Crippen molar-refractivity contribution in [1.82, 2.24) is 0 Å². The summed E-state index contributed by atoms with van der Waals surface area (Å²) in [4.78, 5) is 37.2. The summed E-state index contributed by atoms with van der Waals surface area (Å²) in [5.41, 5.74) is -1.80. The molecule has 5 atom stereocenters. The minimum atomic E-state index is -1.98. The van der Waals surface area contributed by atoms with Crippen LogP contribution in [-0.2, 0) is 28.6 Å². The van der Waals surface area contributed by atoms with Crippen LogP contribution in [0.15, 0.2) is 11.6 Å². The molecule has 132 valence electrons. The first-order valence-corrected chi connectivity index (χ1v) is 8.00. The second kappa shape index (κ2) is 5.05. The highest BCUT2D eigenvalue weighted by atomic mass is 16.7. The Morgan fingerprint density at radius 2 is 2.00 bits per heavy atom. The number of aliphatic hydroxyl groups is 1. The number of rotatable bonds is 2. The molecule has 0 spiro atoms. The average molecular weight is 338 g/mol. The SMILES string of the molecule is COC(=O)C1C2=CC(=O)OC2(O)CC2(C(=O)OC)C(C)CCC12C. The lowest BCUT2D eigenvalue weighted by Crippen LogP contribution is -2.62. The topological polar surface area (TPSA) is 99.1 Å². The number of methoxy groups -OCH3 is 2. The average Bonchev–Trinajstić information content (AvgIpc) is 2.96. The second-order valence-corrected chi connectivity index (χ2v) is 7.26. The van der Waals surface area contributed by atoms with Gasteiger partial charge in [-0.25, -0.2) is 4.79 Å². The lowest BCUT2D eigenvalue weighted by Gasteiger charge is -2.54. The smallest absolute Gasteiger partial charge is 0.333 e. The van der Waals surface area contributed by atoms with Gasteiger partial charge in [0.1, 0.15) is 0 Å². The Bertz CT molecular complexity index is 653. The van der Waals surface area contributed by atoms with Gasteiger partial charge < -0.3 is 19.3 Å². The molecular weight excluding hydrogens is 316 g/mol. The van der Waals surface area contributed by atoms with E-state index in [4.69, 9.17) is 14.2 Å². The molecule has 1 heterocycles. The summed E-state index contributed by atoms with van der Waals surface area (Å²) < 4.78 is 15.1. The minimum Gasteiger partial charge on any atom is -0.469 e. The summed E-state index contributed by atoms with van der Waals surface area (Å²) in [5, 5.41) is 11.0. The largest absolute Gasteiger partial charge is 0.469 e. The number of ether oxygens (including phenoxy) is 3. The van der Waals surface area contributed by atoms with Crippen LogP contribution in [0, 0.1) is 22.7 Å². The fourth-order valence-corrected chi connectivity index (χ4v) is 5.18. The molecular formula is C17H22O7. The van der Waals surface area contributed by atoms with E-state index >= 15 is 0 Å². The summed E-state index contributed by atoms with van der Waals surface area (Å²) in [6.45, 7) is 3.73. The zero-order valence-electron chi connectivity index (χ0n) is 14.3. The molecule has 24 heavy (non-hydrogen) atoms. The van der Waals surface area contributed by atoms with Crippen molar-refractivity contribution >= 4 is 17.9 Å². The molecule has 7 heteroatoms. The van der Waals surface area contributed by atoms with Crippen LogP contribution >= 0.6 is 0 Å². The van der Waals surface area contributed by atoms with Gasteiger partial charge in [-0.05, 0) is 18.8 Å². The maximum absolute atomic E-state index is 12.8. The third kappa shape index (κ3) is 1.79. The van der Waals surface area contributed by atoms with Gasteiger partial charge in [-0.3, -0.25) is 9.59 Å². The van der Waals surface area contributed by atoms with Crippen molar-refractivity contribution in [3.63, 3.8) is 0 Å². The molecule has 0 aromatic rings. The minimum absolute atomic E-state index is 0.116. The highest BCUT2D eigenvalue weighted by molar-refractivity contribution is 5.92. The summed E-state index contributed by atoms with van der Waals surface area (Å²) in [6.07, 6.45) is 2.30. The first kappa shape index (κ1) is 17.0. The van der Waals surface area contributed by atoms with Gasteiger partial charge >= 0.3 is 17.9 Å². The molecule has 2 saturated carbocycles. The maximum atomic E-state index is 12.8. The summed E-state index contributed by atoms with van der Waals surface area (Å²) in [6, 6.07) is 0. The molecule has 0 amide bonds. The zero-order chi connectivity index (χ0) is 17.9. The monoisotopic (exact) mass is 338 g/mol. The molecule has 2 aliphatic carbocycles. The van der Waals surface area contributed by atoms with Crippen LogP contribution in [0.5, 0.6) is 0 Å². The lowest BCUT2D eigenvalue weighted by molar-refractivity contribution is -0.231. The van der Waals surface area contributed by atoms with Gasteiger partial charge in [-0.1, -0.05) is 13.8 Å². The van der Waals surface area contributed by atoms with Crippen LogP contribution in [0.4, 0.5) is 0 Å². The van der Waals surface area contributed by atoms with E-state index in [2.05, 4.69) is 0 Å². The Balaban J connectivity index is 2.26. The van der Waals surface area contributed by atoms with Crippen LogP contribution in [0.1, 0.15) is 33.1 Å². The Kier molecular flexibility index (Phi) is 3.57. The molecule has 0 aromatic heterocycles. The predicted octanol–water partition coefficient (Wildman–Crippen LogP) is 0.947. The summed E-state index contributed by atoms with van der Waals surface area (Å²) in [7, 11) is 2.53. The van der Waals surface area contributed by atoms with E-state index in [1.165, 1.54) is 14.2 Å². The standard InChI is InChI=1S/C17H22O7/c1-9-5-6-15(2)12(13(19)22-3)10-7-11(18)24-17(10,21)8-16(9,15)14(20)23-4/h7,9,12,21H,5-6,8H2,1-4H3. The zero-order valence-corrected chi connectivity index (χ0v) is 14.3. The maximum Gasteiger partial charge on any atom is 0.333 e. The van der Waals surface area contributed by atoms with Gasteiger partial charge in [-0.2, -0.15) is 0 Å². The number of carbonyl (C=O) groups excluding carboxylic acids is 3. The molecule has 3 aliphatic rings. The number of carbonyl (C=O) groups is 3. The Morgan fingerprint density at radius 1 is 1.33 bits per heavy atom. The third-order valence-corrected chi connectivity index (χ3v) is 6.40. The van der Waals surface area contributed by atoms with Crippen molar-refractivity contribution < 1.29 is 33.7 Å².